The zero-order chi connectivity index (χ0) is 20.8. The summed E-state index contributed by atoms with van der Waals surface area (Å²) in [5, 5.41) is 9.07. The second-order valence-electron chi connectivity index (χ2n) is 7.61. The fourth-order valence-corrected chi connectivity index (χ4v) is 5.09. The van der Waals surface area contributed by atoms with E-state index < -0.39 is 11.9 Å². The lowest BCUT2D eigenvalue weighted by Gasteiger charge is -2.22. The lowest BCUT2D eigenvalue weighted by atomic mass is 10.1. The number of carboxylic acids is 1. The van der Waals surface area contributed by atoms with Gasteiger partial charge in [-0.15, -0.1) is 11.3 Å². The zero-order valence-corrected chi connectivity index (χ0v) is 17.0. The number of hydrogen-bond donors (Lipinski definition) is 2. The van der Waals surface area contributed by atoms with Crippen molar-refractivity contribution in [3.8, 4) is 10.7 Å². The topological polar surface area (TPSA) is 109 Å². The van der Waals surface area contributed by atoms with E-state index >= 15 is 0 Å². The summed E-state index contributed by atoms with van der Waals surface area (Å²) in [6.07, 6.45) is 3.80. The first-order chi connectivity index (χ1) is 14.5. The van der Waals surface area contributed by atoms with Crippen molar-refractivity contribution >= 4 is 34.7 Å². The number of rotatable bonds is 5. The van der Waals surface area contributed by atoms with Crippen molar-refractivity contribution in [1.29, 1.82) is 0 Å². The van der Waals surface area contributed by atoms with Gasteiger partial charge in [-0.2, -0.15) is 0 Å². The average molecular weight is 420 g/mol. The number of aliphatic carboxylic acids is 1. The number of aromatic nitrogens is 2. The van der Waals surface area contributed by atoms with Gasteiger partial charge in [0, 0.05) is 23.5 Å². The number of amides is 1. The number of thiophene rings is 1. The van der Waals surface area contributed by atoms with Gasteiger partial charge in [0.25, 0.3) is 5.91 Å². The first-order valence-electron chi connectivity index (χ1n) is 9.90. The van der Waals surface area contributed by atoms with E-state index in [1.54, 1.807) is 6.07 Å². The molecule has 1 aliphatic heterocycles. The van der Waals surface area contributed by atoms with Crippen LogP contribution in [0.1, 0.15) is 38.5 Å². The van der Waals surface area contributed by atoms with Crippen LogP contribution in [0.2, 0.25) is 0 Å². The Morgan fingerprint density at radius 1 is 1.13 bits per heavy atom. The highest BCUT2D eigenvalue weighted by molar-refractivity contribution is 7.17. The molecule has 1 amide bonds. The molecule has 0 atom stereocenters. The monoisotopic (exact) mass is 420 g/mol. The molecule has 0 fully saturated rings. The van der Waals surface area contributed by atoms with Gasteiger partial charge in [-0.05, 0) is 55.0 Å². The normalized spacial score (nSPS) is 14.6. The van der Waals surface area contributed by atoms with Crippen molar-refractivity contribution < 1.29 is 14.7 Å². The van der Waals surface area contributed by atoms with Gasteiger partial charge in [0.1, 0.15) is 5.82 Å². The van der Waals surface area contributed by atoms with E-state index in [9.17, 15) is 9.59 Å². The van der Waals surface area contributed by atoms with E-state index in [1.165, 1.54) is 16.9 Å². The van der Waals surface area contributed by atoms with Crippen LogP contribution in [0, 0.1) is 0 Å². The number of aryl methyl sites for hydroxylation is 1. The highest BCUT2D eigenvalue weighted by Crippen LogP contribution is 2.40. The van der Waals surface area contributed by atoms with Gasteiger partial charge in [-0.25, -0.2) is 9.97 Å². The number of carboxylic acid groups (broad SMARTS) is 1. The Balaban J connectivity index is 1.56. The number of fused-ring (bicyclic) bond motifs is 2. The van der Waals surface area contributed by atoms with Crippen LogP contribution in [0.4, 0.5) is 11.5 Å². The maximum Gasteiger partial charge on any atom is 0.307 e. The van der Waals surface area contributed by atoms with Crippen molar-refractivity contribution in [3.63, 3.8) is 0 Å². The number of primary amides is 1. The molecule has 1 aliphatic carbocycles. The number of nitrogens with two attached hydrogens (primary N) is 1. The van der Waals surface area contributed by atoms with Crippen molar-refractivity contribution in [1.82, 2.24) is 9.97 Å². The zero-order valence-electron chi connectivity index (χ0n) is 16.2. The summed E-state index contributed by atoms with van der Waals surface area (Å²) in [5.74, 6) is 0.276. The minimum Gasteiger partial charge on any atom is -0.481 e. The summed E-state index contributed by atoms with van der Waals surface area (Å²) in [7, 11) is 0. The van der Waals surface area contributed by atoms with Crippen LogP contribution in [-0.2, 0) is 30.5 Å². The fourth-order valence-electron chi connectivity index (χ4n) is 4.30. The maximum absolute atomic E-state index is 11.5. The number of anilines is 2. The predicted octanol–water partition coefficient (Wildman–Crippen LogP) is 3.11. The Morgan fingerprint density at radius 2 is 2.00 bits per heavy atom. The second kappa shape index (κ2) is 7.21. The van der Waals surface area contributed by atoms with Gasteiger partial charge in [-0.3, -0.25) is 9.59 Å². The molecule has 8 heteroatoms. The van der Waals surface area contributed by atoms with E-state index in [0.717, 1.165) is 65.4 Å². The number of carbonyl (C=O) groups excluding carboxylic acids is 1. The largest absolute Gasteiger partial charge is 0.481 e. The first-order valence-corrected chi connectivity index (χ1v) is 10.7. The Hall–Kier alpha value is -3.26. The Kier molecular flexibility index (Phi) is 4.51. The molecule has 3 heterocycles. The lowest BCUT2D eigenvalue weighted by molar-refractivity contribution is -0.136. The second-order valence-corrected chi connectivity index (χ2v) is 8.70. The minimum absolute atomic E-state index is 0.0287. The van der Waals surface area contributed by atoms with Crippen LogP contribution < -0.4 is 10.6 Å². The van der Waals surface area contributed by atoms with E-state index in [4.69, 9.17) is 20.8 Å². The maximum atomic E-state index is 11.5. The molecule has 3 aromatic rings. The van der Waals surface area contributed by atoms with Crippen LogP contribution in [-0.4, -0.2) is 33.5 Å². The molecule has 7 nitrogen and oxygen atoms in total. The van der Waals surface area contributed by atoms with E-state index in [1.807, 2.05) is 24.3 Å². The molecule has 0 saturated carbocycles. The molecule has 0 radical (unpaired) electrons. The molecule has 0 spiro atoms. The smallest absolute Gasteiger partial charge is 0.307 e. The Labute approximate surface area is 177 Å². The van der Waals surface area contributed by atoms with Gasteiger partial charge < -0.3 is 15.7 Å². The highest BCUT2D eigenvalue weighted by Gasteiger charge is 2.29. The molecular formula is C22H20N4O3S. The third-order valence-corrected chi connectivity index (χ3v) is 6.73. The third-order valence-electron chi connectivity index (χ3n) is 5.63. The lowest BCUT2D eigenvalue weighted by Crippen LogP contribution is -2.18. The van der Waals surface area contributed by atoms with Crippen LogP contribution in [0.15, 0.2) is 30.3 Å². The quantitative estimate of drug-likeness (QED) is 0.656. The Morgan fingerprint density at radius 3 is 2.77 bits per heavy atom. The van der Waals surface area contributed by atoms with Crippen molar-refractivity contribution in [2.45, 2.75) is 32.1 Å². The summed E-state index contributed by atoms with van der Waals surface area (Å²) in [4.78, 5) is 35.8. The van der Waals surface area contributed by atoms with Gasteiger partial charge in [0.05, 0.1) is 16.2 Å². The molecule has 2 aliphatic rings. The molecular weight excluding hydrogens is 400 g/mol. The SMILES string of the molecule is NC(=O)c1ccc(-c2nc3c(c(N4CCc5cc(CC(=O)O)ccc54)n2)CCC3)s1. The standard InChI is InChI=1S/C22H20N4O3S/c23-20(29)17-6-7-18(30-17)21-24-15-3-1-2-14(15)22(25-21)26-9-8-13-10-12(11-19(27)28)4-5-16(13)26/h4-7,10H,1-3,8-9,11H2,(H2,23,29)(H,27,28). The third kappa shape index (κ3) is 3.23. The van der Waals surface area contributed by atoms with Gasteiger partial charge in [0.2, 0.25) is 0 Å². The molecule has 3 N–H and O–H groups in total. The Bertz CT molecular complexity index is 1190. The van der Waals surface area contributed by atoms with Gasteiger partial charge in [-0.1, -0.05) is 12.1 Å². The number of carbonyl (C=O) groups is 2. The van der Waals surface area contributed by atoms with Crippen molar-refractivity contribution in [3.05, 3.63) is 57.6 Å². The van der Waals surface area contributed by atoms with Crippen molar-refractivity contribution in [2.24, 2.45) is 5.73 Å². The summed E-state index contributed by atoms with van der Waals surface area (Å²) >= 11 is 1.31. The molecule has 0 bridgehead atoms. The van der Waals surface area contributed by atoms with Crippen LogP contribution in [0.25, 0.3) is 10.7 Å². The first kappa shape index (κ1) is 18.7. The van der Waals surface area contributed by atoms with E-state index in [2.05, 4.69) is 4.90 Å². The molecule has 0 saturated heterocycles. The predicted molar refractivity (Wildman–Crippen MR) is 114 cm³/mol. The minimum atomic E-state index is -0.825. The summed E-state index contributed by atoms with van der Waals surface area (Å²) in [6, 6.07) is 9.44. The fraction of sp³-hybridized carbons (Fsp3) is 0.273. The average Bonchev–Trinajstić information content (AvgIpc) is 3.45. The summed E-state index contributed by atoms with van der Waals surface area (Å²) in [6.45, 7) is 0.797. The summed E-state index contributed by atoms with van der Waals surface area (Å²) < 4.78 is 0. The van der Waals surface area contributed by atoms with E-state index in [-0.39, 0.29) is 6.42 Å². The molecule has 30 heavy (non-hydrogen) atoms. The number of hydrogen-bond acceptors (Lipinski definition) is 6. The molecule has 0 unspecified atom stereocenters. The van der Waals surface area contributed by atoms with E-state index in [0.29, 0.717) is 10.7 Å². The molecule has 1 aromatic carbocycles. The van der Waals surface area contributed by atoms with Crippen molar-refractivity contribution in [2.75, 3.05) is 11.4 Å². The number of benzene rings is 1. The molecule has 152 valence electrons. The van der Waals surface area contributed by atoms with Gasteiger partial charge in [0.15, 0.2) is 5.82 Å². The highest BCUT2D eigenvalue weighted by atomic mass is 32.1. The number of nitrogens with zero attached hydrogens (tertiary/aromatic N) is 3. The van der Waals surface area contributed by atoms with Crippen LogP contribution in [0.3, 0.4) is 0 Å². The summed E-state index contributed by atoms with van der Waals surface area (Å²) in [5.41, 5.74) is 10.7. The van der Waals surface area contributed by atoms with Gasteiger partial charge >= 0.3 is 5.97 Å². The van der Waals surface area contributed by atoms with Crippen LogP contribution >= 0.6 is 11.3 Å². The van der Waals surface area contributed by atoms with Crippen LogP contribution in [0.5, 0.6) is 0 Å². The molecule has 2 aromatic heterocycles. The molecule has 5 rings (SSSR count).